The van der Waals surface area contributed by atoms with Gasteiger partial charge < -0.3 is 20.9 Å². The van der Waals surface area contributed by atoms with Crippen molar-refractivity contribution in [2.75, 3.05) is 6.54 Å². The normalized spacial score (nSPS) is 17.2. The summed E-state index contributed by atoms with van der Waals surface area (Å²) in [5, 5.41) is 12.0. The highest BCUT2D eigenvalue weighted by Crippen LogP contribution is 2.38. The molecule has 0 bridgehead atoms. The number of para-hydroxylation sites is 1. The minimum Gasteiger partial charge on any atom is -0.404 e. The lowest BCUT2D eigenvalue weighted by Crippen LogP contribution is -2.17. The molecule has 3 heterocycles. The quantitative estimate of drug-likeness (QED) is 0.201. The van der Waals surface area contributed by atoms with E-state index in [9.17, 15) is 0 Å². The molecule has 1 unspecified atom stereocenters. The van der Waals surface area contributed by atoms with E-state index in [0.29, 0.717) is 0 Å². The molecule has 0 spiro atoms. The first-order valence-electron chi connectivity index (χ1n) is 14.1. The van der Waals surface area contributed by atoms with Gasteiger partial charge in [-0.2, -0.15) is 0 Å². The molecule has 200 valence electrons. The van der Waals surface area contributed by atoms with Gasteiger partial charge in [-0.05, 0) is 64.9 Å². The number of nitrogens with one attached hydrogen (secondary N) is 2. The summed E-state index contributed by atoms with van der Waals surface area (Å²) < 4.78 is 2.42. The van der Waals surface area contributed by atoms with Crippen LogP contribution in [0.15, 0.2) is 145 Å². The van der Waals surface area contributed by atoms with Crippen LogP contribution in [0, 0.1) is 0 Å². The Bertz CT molecular complexity index is 1980. The largest absolute Gasteiger partial charge is 0.404 e. The van der Waals surface area contributed by atoms with Gasteiger partial charge in [0.15, 0.2) is 0 Å². The van der Waals surface area contributed by atoms with E-state index in [2.05, 4.69) is 131 Å². The van der Waals surface area contributed by atoms with Crippen LogP contribution in [-0.2, 0) is 0 Å². The van der Waals surface area contributed by atoms with E-state index in [-0.39, 0.29) is 6.04 Å². The summed E-state index contributed by atoms with van der Waals surface area (Å²) in [6.07, 6.45) is 18.5. The number of aromatic nitrogens is 1. The lowest BCUT2D eigenvalue weighted by Gasteiger charge is -2.20. The summed E-state index contributed by atoms with van der Waals surface area (Å²) in [6.45, 7) is 2.86. The van der Waals surface area contributed by atoms with Crippen molar-refractivity contribution in [1.29, 1.82) is 0 Å². The smallest absolute Gasteiger partial charge is 0.0696 e. The Labute approximate surface area is 240 Å². The van der Waals surface area contributed by atoms with Crippen LogP contribution in [0.1, 0.15) is 24.1 Å². The fourth-order valence-corrected chi connectivity index (χ4v) is 6.02. The number of dihydropyridines is 2. The zero-order valence-corrected chi connectivity index (χ0v) is 23.0. The Kier molecular flexibility index (Phi) is 6.29. The molecule has 4 aromatic carbocycles. The van der Waals surface area contributed by atoms with Crippen molar-refractivity contribution in [2.45, 2.75) is 13.0 Å². The summed E-state index contributed by atoms with van der Waals surface area (Å²) in [5.74, 6) is 0. The van der Waals surface area contributed by atoms with E-state index >= 15 is 0 Å². The molecule has 0 saturated carbocycles. The van der Waals surface area contributed by atoms with Crippen LogP contribution in [0.4, 0.5) is 0 Å². The van der Waals surface area contributed by atoms with Gasteiger partial charge in [0.1, 0.15) is 0 Å². The van der Waals surface area contributed by atoms with Gasteiger partial charge in [-0.15, -0.1) is 0 Å². The van der Waals surface area contributed by atoms with Crippen molar-refractivity contribution < 1.29 is 0 Å². The van der Waals surface area contributed by atoms with Gasteiger partial charge in [-0.3, -0.25) is 0 Å². The van der Waals surface area contributed by atoms with Gasteiger partial charge in [-0.25, -0.2) is 0 Å². The first kappa shape index (κ1) is 24.8. The summed E-state index contributed by atoms with van der Waals surface area (Å²) in [7, 11) is 0. The number of fused-ring (bicyclic) bond motifs is 5. The van der Waals surface area contributed by atoms with Gasteiger partial charge >= 0.3 is 0 Å². The van der Waals surface area contributed by atoms with Gasteiger partial charge in [0.05, 0.1) is 17.1 Å². The first-order chi connectivity index (χ1) is 20.2. The summed E-state index contributed by atoms with van der Waals surface area (Å²) in [4.78, 5) is 0. The van der Waals surface area contributed by atoms with Crippen LogP contribution >= 0.6 is 0 Å². The van der Waals surface area contributed by atoms with E-state index in [1.807, 2.05) is 19.1 Å². The first-order valence-corrected chi connectivity index (χ1v) is 14.1. The van der Waals surface area contributed by atoms with Crippen molar-refractivity contribution in [3.05, 3.63) is 156 Å². The Hall–Kier alpha value is -5.22. The highest BCUT2D eigenvalue weighted by molar-refractivity contribution is 6.19. The molecule has 4 heteroatoms. The minimum absolute atomic E-state index is 0.0691. The molecule has 1 atom stereocenters. The van der Waals surface area contributed by atoms with Crippen LogP contribution in [0.3, 0.4) is 0 Å². The molecular weight excluding hydrogens is 500 g/mol. The lowest BCUT2D eigenvalue weighted by molar-refractivity contribution is 0.741. The highest BCUT2D eigenvalue weighted by atomic mass is 15.0. The molecule has 4 nitrogen and oxygen atoms in total. The standard InChI is InChI=1S/C37H32N4/c1-2-8-28(23-38)29-15-19-35(40-24-29)27-14-17-32-33-18-12-25-21-26(34-11-6-7-20-39-34)13-16-31(25)37(33)41(36(32)22-27)30-9-4-3-5-10-30/h2-19,21-24,35,39-40H,20,38H2,1H3/b8-2-,28-23+. The molecule has 0 fully saturated rings. The molecule has 4 N–H and O–H groups in total. The second-order valence-corrected chi connectivity index (χ2v) is 10.5. The number of nitrogens with two attached hydrogens (primary N) is 1. The molecule has 5 aromatic rings. The number of hydrogen-bond acceptors (Lipinski definition) is 3. The van der Waals surface area contributed by atoms with Gasteiger partial charge in [0.25, 0.3) is 0 Å². The molecule has 41 heavy (non-hydrogen) atoms. The Morgan fingerprint density at radius 3 is 2.56 bits per heavy atom. The van der Waals surface area contributed by atoms with Crippen LogP contribution < -0.4 is 16.4 Å². The van der Waals surface area contributed by atoms with Crippen LogP contribution in [0.25, 0.3) is 44.0 Å². The fraction of sp³-hybridized carbons (Fsp3) is 0.0811. The number of nitrogens with zero attached hydrogens (tertiary/aromatic N) is 1. The van der Waals surface area contributed by atoms with E-state index < -0.39 is 0 Å². The zero-order chi connectivity index (χ0) is 27.8. The monoisotopic (exact) mass is 532 g/mol. The van der Waals surface area contributed by atoms with E-state index in [1.165, 1.54) is 43.7 Å². The number of allylic oxidation sites excluding steroid dienone is 7. The topological polar surface area (TPSA) is 55.0 Å². The third kappa shape index (κ3) is 4.34. The van der Waals surface area contributed by atoms with Crippen molar-refractivity contribution in [2.24, 2.45) is 5.73 Å². The fourth-order valence-electron chi connectivity index (χ4n) is 6.02. The second kappa shape index (κ2) is 10.4. The van der Waals surface area contributed by atoms with Gasteiger partial charge in [-0.1, -0.05) is 91.1 Å². The minimum atomic E-state index is 0.0691. The molecule has 2 aliphatic heterocycles. The molecule has 0 amide bonds. The molecule has 0 saturated heterocycles. The number of rotatable bonds is 5. The van der Waals surface area contributed by atoms with E-state index in [0.717, 1.165) is 29.1 Å². The zero-order valence-electron chi connectivity index (χ0n) is 23.0. The third-order valence-corrected chi connectivity index (χ3v) is 8.01. The third-order valence-electron chi connectivity index (χ3n) is 8.01. The Morgan fingerprint density at radius 2 is 1.80 bits per heavy atom. The Morgan fingerprint density at radius 1 is 0.951 bits per heavy atom. The molecule has 0 aliphatic carbocycles. The summed E-state index contributed by atoms with van der Waals surface area (Å²) >= 11 is 0. The molecule has 0 radical (unpaired) electrons. The van der Waals surface area contributed by atoms with Crippen LogP contribution in [0.5, 0.6) is 0 Å². The van der Waals surface area contributed by atoms with Crippen molar-refractivity contribution in [3.63, 3.8) is 0 Å². The van der Waals surface area contributed by atoms with Gasteiger partial charge in [0, 0.05) is 46.5 Å². The van der Waals surface area contributed by atoms with Crippen LogP contribution in [-0.4, -0.2) is 11.1 Å². The van der Waals surface area contributed by atoms with E-state index in [1.54, 1.807) is 6.20 Å². The molecule has 7 rings (SSSR count). The van der Waals surface area contributed by atoms with Crippen molar-refractivity contribution in [1.82, 2.24) is 15.2 Å². The predicted molar refractivity (Wildman–Crippen MR) is 174 cm³/mol. The number of benzene rings is 4. The maximum absolute atomic E-state index is 5.87. The summed E-state index contributed by atoms with van der Waals surface area (Å²) in [5.41, 5.74) is 15.1. The molecule has 2 aliphatic rings. The second-order valence-electron chi connectivity index (χ2n) is 10.5. The number of hydrogen-bond donors (Lipinski definition) is 3. The van der Waals surface area contributed by atoms with Crippen molar-refractivity contribution in [3.8, 4) is 5.69 Å². The molecular formula is C37H32N4. The Balaban J connectivity index is 1.39. The lowest BCUT2D eigenvalue weighted by atomic mass is 9.98. The van der Waals surface area contributed by atoms with Crippen molar-refractivity contribution >= 4 is 38.3 Å². The molecule has 1 aromatic heterocycles. The van der Waals surface area contributed by atoms with Gasteiger partial charge in [0.2, 0.25) is 0 Å². The summed E-state index contributed by atoms with van der Waals surface area (Å²) in [6, 6.07) is 28.9. The highest BCUT2D eigenvalue weighted by Gasteiger charge is 2.18. The SMILES string of the molecule is C/C=C\C(=C/N)C1=CNC(c2ccc3c4ccc5cc(C6=CC=CCN6)ccc5c4n(-c4ccccc4)c3c2)C=C1. The van der Waals surface area contributed by atoms with E-state index in [4.69, 9.17) is 5.73 Å². The average molecular weight is 533 g/mol. The predicted octanol–water partition coefficient (Wildman–Crippen LogP) is 7.94. The maximum atomic E-state index is 5.87. The van der Waals surface area contributed by atoms with Crippen LogP contribution in [0.2, 0.25) is 0 Å². The average Bonchev–Trinajstić information content (AvgIpc) is 3.38. The maximum Gasteiger partial charge on any atom is 0.0696 e.